The van der Waals surface area contributed by atoms with Crippen LogP contribution in [0.4, 0.5) is 0 Å². The second kappa shape index (κ2) is 6.35. The average molecular weight is 370 g/mol. The molecule has 1 saturated carbocycles. The van der Waals surface area contributed by atoms with E-state index in [1.54, 1.807) is 16.6 Å². The van der Waals surface area contributed by atoms with Crippen LogP contribution in [0.3, 0.4) is 0 Å². The fourth-order valence-electron chi connectivity index (χ4n) is 3.59. The van der Waals surface area contributed by atoms with Crippen molar-refractivity contribution in [3.8, 4) is 0 Å². The minimum Gasteiger partial charge on any atom is -0.329 e. The second-order valence-electron chi connectivity index (χ2n) is 6.41. The lowest BCUT2D eigenvalue weighted by atomic mass is 10.0. The molecule has 2 aliphatic rings. The van der Waals surface area contributed by atoms with Crippen molar-refractivity contribution in [2.75, 3.05) is 13.1 Å². The van der Waals surface area contributed by atoms with Crippen molar-refractivity contribution in [3.05, 3.63) is 23.7 Å². The van der Waals surface area contributed by atoms with E-state index >= 15 is 0 Å². The highest BCUT2D eigenvalue weighted by Crippen LogP contribution is 2.47. The standard InChI is InChI=1S/C15H20ClN5S2/c1-19-4-3-17-15(19)22-12-5-10-8-21(9-11(10)6-12)23-13-7-18-20(2)14(13)16/h3-4,7,10-12H,5-6,8-9H2,1-2H3/t10-,11+,12+. The van der Waals surface area contributed by atoms with Gasteiger partial charge in [-0.1, -0.05) is 23.4 Å². The van der Waals surface area contributed by atoms with Crippen LogP contribution in [0.1, 0.15) is 12.8 Å². The molecule has 1 aliphatic heterocycles. The molecule has 1 saturated heterocycles. The van der Waals surface area contributed by atoms with Crippen molar-refractivity contribution in [1.29, 1.82) is 0 Å². The predicted octanol–water partition coefficient (Wildman–Crippen LogP) is 3.32. The zero-order valence-electron chi connectivity index (χ0n) is 13.2. The van der Waals surface area contributed by atoms with Crippen molar-refractivity contribution >= 4 is 35.3 Å². The highest BCUT2D eigenvalue weighted by atomic mass is 35.5. The molecule has 0 amide bonds. The highest BCUT2D eigenvalue weighted by Gasteiger charge is 2.42. The number of imidazole rings is 1. The van der Waals surface area contributed by atoms with Crippen LogP contribution in [0.2, 0.25) is 5.15 Å². The summed E-state index contributed by atoms with van der Waals surface area (Å²) in [4.78, 5) is 5.51. The molecule has 2 fully saturated rings. The predicted molar refractivity (Wildman–Crippen MR) is 94.7 cm³/mol. The van der Waals surface area contributed by atoms with Crippen molar-refractivity contribution < 1.29 is 0 Å². The largest absolute Gasteiger partial charge is 0.329 e. The van der Waals surface area contributed by atoms with Crippen LogP contribution >= 0.6 is 35.3 Å². The fraction of sp³-hybridized carbons (Fsp3) is 0.600. The van der Waals surface area contributed by atoms with Gasteiger partial charge in [0.25, 0.3) is 0 Å². The zero-order chi connectivity index (χ0) is 16.0. The molecule has 0 N–H and O–H groups in total. The summed E-state index contributed by atoms with van der Waals surface area (Å²) in [7, 11) is 3.95. The Bertz CT molecular complexity index is 686. The van der Waals surface area contributed by atoms with Gasteiger partial charge in [-0.05, 0) is 36.6 Å². The van der Waals surface area contributed by atoms with Gasteiger partial charge in [0.2, 0.25) is 0 Å². The van der Waals surface area contributed by atoms with Crippen LogP contribution in [0.5, 0.6) is 0 Å². The van der Waals surface area contributed by atoms with Crippen molar-refractivity contribution in [2.24, 2.45) is 25.9 Å². The van der Waals surface area contributed by atoms with E-state index in [1.165, 1.54) is 12.8 Å². The van der Waals surface area contributed by atoms with E-state index in [1.807, 2.05) is 37.4 Å². The third kappa shape index (κ3) is 3.16. The average Bonchev–Trinajstić information content (AvgIpc) is 3.23. The van der Waals surface area contributed by atoms with Crippen molar-refractivity contribution in [2.45, 2.75) is 28.1 Å². The summed E-state index contributed by atoms with van der Waals surface area (Å²) in [5.41, 5.74) is 0. The first kappa shape index (κ1) is 15.9. The molecule has 0 aromatic carbocycles. The smallest absolute Gasteiger partial charge is 0.167 e. The normalized spacial score (nSPS) is 27.7. The lowest BCUT2D eigenvalue weighted by Gasteiger charge is -2.17. The number of aromatic nitrogens is 4. The Hall–Kier alpha value is -0.630. The molecular formula is C15H20ClN5S2. The van der Waals surface area contributed by atoms with Crippen LogP contribution in [0.25, 0.3) is 0 Å². The third-order valence-corrected chi connectivity index (χ3v) is 7.72. The molecule has 0 unspecified atom stereocenters. The number of halogens is 1. The fourth-order valence-corrected chi connectivity index (χ4v) is 6.23. The zero-order valence-corrected chi connectivity index (χ0v) is 15.6. The number of thioether (sulfide) groups is 1. The molecule has 1 aliphatic carbocycles. The van der Waals surface area contributed by atoms with E-state index in [4.69, 9.17) is 11.6 Å². The van der Waals surface area contributed by atoms with Crippen LogP contribution in [-0.2, 0) is 14.1 Å². The number of nitrogens with zero attached hydrogens (tertiary/aromatic N) is 5. The number of rotatable bonds is 4. The summed E-state index contributed by atoms with van der Waals surface area (Å²) in [6.45, 7) is 2.30. The molecule has 2 aromatic rings. The Morgan fingerprint density at radius 2 is 1.96 bits per heavy atom. The van der Waals surface area contributed by atoms with E-state index in [0.717, 1.165) is 40.1 Å². The minimum atomic E-state index is 0.709. The molecule has 8 heteroatoms. The summed E-state index contributed by atoms with van der Waals surface area (Å²) in [6.07, 6.45) is 8.35. The first-order valence-electron chi connectivity index (χ1n) is 7.84. The van der Waals surface area contributed by atoms with Crippen LogP contribution in [-0.4, -0.2) is 42.0 Å². The Kier molecular flexibility index (Phi) is 4.38. The molecule has 4 rings (SSSR count). The number of hydrogen-bond acceptors (Lipinski definition) is 5. The lowest BCUT2D eigenvalue weighted by molar-refractivity contribution is 0.494. The summed E-state index contributed by atoms with van der Waals surface area (Å²) in [5, 5.41) is 6.80. The third-order valence-electron chi connectivity index (χ3n) is 4.79. The Balaban J connectivity index is 1.33. The van der Waals surface area contributed by atoms with Gasteiger partial charge in [0.15, 0.2) is 5.16 Å². The highest BCUT2D eigenvalue weighted by molar-refractivity contribution is 7.99. The second-order valence-corrected chi connectivity index (χ2v) is 9.18. The molecule has 5 nitrogen and oxygen atoms in total. The summed E-state index contributed by atoms with van der Waals surface area (Å²) in [5.74, 6) is 1.60. The van der Waals surface area contributed by atoms with Crippen molar-refractivity contribution in [3.63, 3.8) is 0 Å². The Morgan fingerprint density at radius 3 is 2.52 bits per heavy atom. The lowest BCUT2D eigenvalue weighted by Crippen LogP contribution is -2.15. The van der Waals surface area contributed by atoms with E-state index in [9.17, 15) is 0 Å². The Morgan fingerprint density at radius 1 is 1.22 bits per heavy atom. The van der Waals surface area contributed by atoms with Crippen LogP contribution in [0, 0.1) is 11.8 Å². The molecule has 0 bridgehead atoms. The maximum absolute atomic E-state index is 6.27. The molecule has 124 valence electrons. The van der Waals surface area contributed by atoms with Gasteiger partial charge in [-0.25, -0.2) is 9.29 Å². The van der Waals surface area contributed by atoms with Crippen LogP contribution < -0.4 is 0 Å². The van der Waals surface area contributed by atoms with E-state index in [-0.39, 0.29) is 0 Å². The monoisotopic (exact) mass is 369 g/mol. The molecule has 3 heterocycles. The first-order chi connectivity index (χ1) is 11.1. The summed E-state index contributed by atoms with van der Waals surface area (Å²) in [6, 6.07) is 0. The minimum absolute atomic E-state index is 0.709. The quantitative estimate of drug-likeness (QED) is 0.773. The molecule has 23 heavy (non-hydrogen) atoms. The van der Waals surface area contributed by atoms with E-state index in [2.05, 4.69) is 26.0 Å². The number of fused-ring (bicyclic) bond motifs is 1. The van der Waals surface area contributed by atoms with Crippen molar-refractivity contribution in [1.82, 2.24) is 23.6 Å². The summed E-state index contributed by atoms with van der Waals surface area (Å²) >= 11 is 9.97. The number of hydrogen-bond donors (Lipinski definition) is 0. The van der Waals surface area contributed by atoms with Gasteiger partial charge < -0.3 is 4.57 Å². The Labute approximate surface area is 149 Å². The summed E-state index contributed by atoms with van der Waals surface area (Å²) < 4.78 is 6.30. The first-order valence-corrected chi connectivity index (χ1v) is 9.87. The van der Waals surface area contributed by atoms with E-state index in [0.29, 0.717) is 5.25 Å². The van der Waals surface area contributed by atoms with Gasteiger partial charge in [-0.2, -0.15) is 5.10 Å². The number of aryl methyl sites for hydroxylation is 2. The maximum atomic E-state index is 6.27. The van der Waals surface area contributed by atoms with Gasteiger partial charge >= 0.3 is 0 Å². The van der Waals surface area contributed by atoms with Gasteiger partial charge in [-0.3, -0.25) is 4.68 Å². The molecule has 0 radical (unpaired) electrons. The molecular weight excluding hydrogens is 350 g/mol. The van der Waals surface area contributed by atoms with Gasteiger partial charge in [0, 0.05) is 44.8 Å². The maximum Gasteiger partial charge on any atom is 0.167 e. The SMILES string of the molecule is Cn1ccnc1S[C@H]1C[C@@H]2CN(Sc3cnn(C)c3Cl)C[C@@H]2C1. The van der Waals surface area contributed by atoms with Gasteiger partial charge in [0.05, 0.1) is 11.1 Å². The topological polar surface area (TPSA) is 38.9 Å². The molecule has 0 spiro atoms. The van der Waals surface area contributed by atoms with Gasteiger partial charge in [-0.15, -0.1) is 0 Å². The van der Waals surface area contributed by atoms with Gasteiger partial charge in [0.1, 0.15) is 5.15 Å². The molecule has 2 aromatic heterocycles. The molecule has 3 atom stereocenters. The van der Waals surface area contributed by atoms with Crippen LogP contribution in [0.15, 0.2) is 28.6 Å². The van der Waals surface area contributed by atoms with E-state index < -0.39 is 0 Å².